The fraction of sp³-hybridized carbons (Fsp3) is 0.333. The molecule has 0 spiro atoms. The maximum absolute atomic E-state index is 12.9. The number of carbonyl (C=O) groups excluding carboxylic acids is 1. The molecule has 1 fully saturated rings. The summed E-state index contributed by atoms with van der Waals surface area (Å²) in [4.78, 5) is 26.0. The van der Waals surface area contributed by atoms with Gasteiger partial charge in [0.25, 0.3) is 0 Å². The van der Waals surface area contributed by atoms with Gasteiger partial charge < -0.3 is 10.0 Å². The van der Waals surface area contributed by atoms with Crippen LogP contribution in [0, 0.1) is 0 Å². The van der Waals surface area contributed by atoms with E-state index in [0.717, 1.165) is 24.0 Å². The van der Waals surface area contributed by atoms with E-state index in [2.05, 4.69) is 0 Å². The summed E-state index contributed by atoms with van der Waals surface area (Å²) < 4.78 is 0. The Morgan fingerprint density at radius 2 is 1.52 bits per heavy atom. The Kier molecular flexibility index (Phi) is 5.49. The van der Waals surface area contributed by atoms with Crippen LogP contribution in [0.15, 0.2) is 60.7 Å². The number of nitrogens with zero attached hydrogens (tertiary/aromatic N) is 1. The molecular weight excluding hydrogens is 314 g/mol. The molecule has 1 aliphatic rings. The summed E-state index contributed by atoms with van der Waals surface area (Å²) in [6.07, 6.45) is 2.57. The molecule has 1 amide bonds. The van der Waals surface area contributed by atoms with Crippen LogP contribution in [0.25, 0.3) is 0 Å². The van der Waals surface area contributed by atoms with Crippen molar-refractivity contribution in [3.05, 3.63) is 71.8 Å². The molecule has 0 saturated carbocycles. The number of carbonyl (C=O) groups is 2. The monoisotopic (exact) mass is 337 g/mol. The minimum absolute atomic E-state index is 0.0636. The van der Waals surface area contributed by atoms with E-state index in [-0.39, 0.29) is 18.2 Å². The molecule has 0 aromatic heterocycles. The molecule has 0 radical (unpaired) electrons. The molecule has 1 aliphatic heterocycles. The number of carboxylic acids is 1. The molecule has 3 rings (SSSR count). The molecule has 2 aromatic rings. The Bertz CT molecular complexity index is 675. The van der Waals surface area contributed by atoms with Gasteiger partial charge in [-0.3, -0.25) is 4.79 Å². The van der Waals surface area contributed by atoms with Crippen molar-refractivity contribution in [3.63, 3.8) is 0 Å². The zero-order chi connectivity index (χ0) is 17.6. The SMILES string of the molecule is O=C(O)[C@H]1CCCCN1C(=O)CC(c1ccccc1)c1ccccc1. The first-order valence-corrected chi connectivity index (χ1v) is 8.79. The van der Waals surface area contributed by atoms with Gasteiger partial charge in [-0.25, -0.2) is 4.79 Å². The van der Waals surface area contributed by atoms with Crippen molar-refractivity contribution in [2.75, 3.05) is 6.54 Å². The van der Waals surface area contributed by atoms with E-state index in [1.165, 1.54) is 0 Å². The van der Waals surface area contributed by atoms with E-state index in [4.69, 9.17) is 0 Å². The Morgan fingerprint density at radius 1 is 0.960 bits per heavy atom. The van der Waals surface area contributed by atoms with Crippen LogP contribution in [-0.4, -0.2) is 34.5 Å². The average molecular weight is 337 g/mol. The molecule has 130 valence electrons. The number of likely N-dealkylation sites (tertiary alicyclic amines) is 1. The summed E-state index contributed by atoms with van der Waals surface area (Å²) in [5.41, 5.74) is 2.15. The fourth-order valence-corrected chi connectivity index (χ4v) is 3.58. The van der Waals surface area contributed by atoms with Crippen molar-refractivity contribution in [2.24, 2.45) is 0 Å². The first-order chi connectivity index (χ1) is 12.2. The predicted molar refractivity (Wildman–Crippen MR) is 96.3 cm³/mol. The van der Waals surface area contributed by atoms with Crippen molar-refractivity contribution in [3.8, 4) is 0 Å². The van der Waals surface area contributed by atoms with Crippen LogP contribution in [0.2, 0.25) is 0 Å². The third-order valence-electron chi connectivity index (χ3n) is 4.89. The highest BCUT2D eigenvalue weighted by molar-refractivity contribution is 5.84. The van der Waals surface area contributed by atoms with Crippen molar-refractivity contribution in [2.45, 2.75) is 37.6 Å². The number of rotatable bonds is 5. The van der Waals surface area contributed by atoms with Crippen LogP contribution in [0.1, 0.15) is 42.7 Å². The quantitative estimate of drug-likeness (QED) is 0.905. The van der Waals surface area contributed by atoms with Crippen LogP contribution in [0.5, 0.6) is 0 Å². The van der Waals surface area contributed by atoms with Crippen LogP contribution >= 0.6 is 0 Å². The Morgan fingerprint density at radius 3 is 2.04 bits per heavy atom. The second-order valence-corrected chi connectivity index (χ2v) is 6.52. The maximum atomic E-state index is 12.9. The van der Waals surface area contributed by atoms with Gasteiger partial charge in [-0.1, -0.05) is 60.7 Å². The van der Waals surface area contributed by atoms with Crippen molar-refractivity contribution in [1.82, 2.24) is 4.90 Å². The normalized spacial score (nSPS) is 17.5. The molecule has 2 aromatic carbocycles. The summed E-state index contributed by atoms with van der Waals surface area (Å²) in [5, 5.41) is 9.43. The lowest BCUT2D eigenvalue weighted by Crippen LogP contribution is -2.48. The smallest absolute Gasteiger partial charge is 0.326 e. The highest BCUT2D eigenvalue weighted by Crippen LogP contribution is 2.30. The molecule has 0 unspecified atom stereocenters. The number of hydrogen-bond donors (Lipinski definition) is 1. The summed E-state index contributed by atoms with van der Waals surface area (Å²) in [7, 11) is 0. The van der Waals surface area contributed by atoms with E-state index >= 15 is 0 Å². The van der Waals surface area contributed by atoms with Crippen LogP contribution in [0.4, 0.5) is 0 Å². The van der Waals surface area contributed by atoms with Crippen LogP contribution < -0.4 is 0 Å². The molecule has 4 nitrogen and oxygen atoms in total. The second-order valence-electron chi connectivity index (χ2n) is 6.52. The van der Waals surface area contributed by atoms with Crippen molar-refractivity contribution >= 4 is 11.9 Å². The highest BCUT2D eigenvalue weighted by atomic mass is 16.4. The summed E-state index contributed by atoms with van der Waals surface area (Å²) in [6.45, 7) is 0.534. The van der Waals surface area contributed by atoms with Gasteiger partial charge in [0, 0.05) is 18.9 Å². The molecule has 25 heavy (non-hydrogen) atoms. The summed E-state index contributed by atoms with van der Waals surface area (Å²) >= 11 is 0. The zero-order valence-electron chi connectivity index (χ0n) is 14.2. The number of aliphatic carboxylic acids is 1. The Labute approximate surface area is 148 Å². The third kappa shape index (κ3) is 4.08. The van der Waals surface area contributed by atoms with Gasteiger partial charge in [0.2, 0.25) is 5.91 Å². The number of benzene rings is 2. The fourth-order valence-electron chi connectivity index (χ4n) is 3.58. The number of carboxylic acid groups (broad SMARTS) is 1. The largest absolute Gasteiger partial charge is 0.480 e. The lowest BCUT2D eigenvalue weighted by molar-refractivity contribution is -0.152. The minimum atomic E-state index is -0.899. The summed E-state index contributed by atoms with van der Waals surface area (Å²) in [6, 6.07) is 19.2. The number of amides is 1. The topological polar surface area (TPSA) is 57.6 Å². The Hall–Kier alpha value is -2.62. The molecule has 1 heterocycles. The second kappa shape index (κ2) is 7.97. The zero-order valence-corrected chi connectivity index (χ0v) is 14.2. The van der Waals surface area contributed by atoms with Crippen LogP contribution in [0.3, 0.4) is 0 Å². The summed E-state index contributed by atoms with van der Waals surface area (Å²) in [5.74, 6) is -1.04. The van der Waals surface area contributed by atoms with E-state index in [9.17, 15) is 14.7 Å². The van der Waals surface area contributed by atoms with E-state index in [0.29, 0.717) is 13.0 Å². The third-order valence-corrected chi connectivity index (χ3v) is 4.89. The highest BCUT2D eigenvalue weighted by Gasteiger charge is 2.33. The van der Waals surface area contributed by atoms with Crippen LogP contribution in [-0.2, 0) is 9.59 Å². The van der Waals surface area contributed by atoms with E-state index in [1.807, 2.05) is 60.7 Å². The first-order valence-electron chi connectivity index (χ1n) is 8.79. The minimum Gasteiger partial charge on any atom is -0.480 e. The number of hydrogen-bond acceptors (Lipinski definition) is 2. The standard InChI is InChI=1S/C21H23NO3/c23-20(22-14-8-7-13-19(22)21(24)25)15-18(16-9-3-1-4-10-16)17-11-5-2-6-12-17/h1-6,9-12,18-19H,7-8,13-15H2,(H,24,25)/t19-/m1/s1. The molecule has 1 saturated heterocycles. The van der Waals surface area contributed by atoms with Gasteiger partial charge in [0.1, 0.15) is 6.04 Å². The number of piperidine rings is 1. The van der Waals surface area contributed by atoms with Gasteiger partial charge in [-0.15, -0.1) is 0 Å². The molecule has 0 aliphatic carbocycles. The van der Waals surface area contributed by atoms with Crippen molar-refractivity contribution < 1.29 is 14.7 Å². The van der Waals surface area contributed by atoms with Gasteiger partial charge in [0.15, 0.2) is 0 Å². The molecule has 0 bridgehead atoms. The van der Waals surface area contributed by atoms with E-state index < -0.39 is 12.0 Å². The average Bonchev–Trinajstić information content (AvgIpc) is 2.67. The van der Waals surface area contributed by atoms with Crippen molar-refractivity contribution in [1.29, 1.82) is 0 Å². The lowest BCUT2D eigenvalue weighted by atomic mass is 9.87. The lowest BCUT2D eigenvalue weighted by Gasteiger charge is -2.34. The van der Waals surface area contributed by atoms with Gasteiger partial charge >= 0.3 is 5.97 Å². The molecular formula is C21H23NO3. The first kappa shape index (κ1) is 17.2. The van der Waals surface area contributed by atoms with Gasteiger partial charge in [-0.05, 0) is 30.4 Å². The predicted octanol–water partition coefficient (Wildman–Crippen LogP) is 3.67. The Balaban J connectivity index is 1.85. The molecule has 4 heteroatoms. The van der Waals surface area contributed by atoms with Gasteiger partial charge in [0.05, 0.1) is 0 Å². The molecule has 1 N–H and O–H groups in total. The molecule has 1 atom stereocenters. The maximum Gasteiger partial charge on any atom is 0.326 e. The van der Waals surface area contributed by atoms with Gasteiger partial charge in [-0.2, -0.15) is 0 Å². The van der Waals surface area contributed by atoms with E-state index in [1.54, 1.807) is 4.90 Å².